The second kappa shape index (κ2) is 14.4. The van der Waals surface area contributed by atoms with Crippen LogP contribution in [0.1, 0.15) is 56.2 Å². The molecular formula is C37H37F8N7O3S. The lowest BCUT2D eigenvalue weighted by Crippen LogP contribution is -2.43. The van der Waals surface area contributed by atoms with Crippen LogP contribution in [0.15, 0.2) is 18.2 Å². The molecular weight excluding hydrogens is 775 g/mol. The highest BCUT2D eigenvalue weighted by Gasteiger charge is 2.50. The maximum absolute atomic E-state index is 15.7. The number of nitrogens with zero attached hydrogens (tertiary/aromatic N) is 6. The molecule has 3 aliphatic rings. The van der Waals surface area contributed by atoms with Crippen molar-refractivity contribution >= 4 is 49.1 Å². The SMILES string of the molecule is CCN(c1nc(OC[C@@]23CCCN2C[C@H](F)C3)nc2c(C(F)(F)F)c(-c3ccc(F)c4sc(N)c(C#N)c34)c(C(F)(F)F)cc12)[C@H]1CCN(C(=O)[C@H](C)OC)C1. The van der Waals surface area contributed by atoms with Crippen molar-refractivity contribution in [2.24, 2.45) is 0 Å². The number of carbonyl (C=O) groups is 1. The zero-order valence-corrected chi connectivity index (χ0v) is 31.3. The van der Waals surface area contributed by atoms with E-state index in [1.54, 1.807) is 19.9 Å². The summed E-state index contributed by atoms with van der Waals surface area (Å²) in [7, 11) is 1.36. The van der Waals surface area contributed by atoms with Crippen molar-refractivity contribution in [1.29, 1.82) is 5.26 Å². The molecule has 0 spiro atoms. The van der Waals surface area contributed by atoms with Crippen LogP contribution in [0.4, 0.5) is 45.9 Å². The molecule has 56 heavy (non-hydrogen) atoms. The van der Waals surface area contributed by atoms with Crippen molar-refractivity contribution in [3.8, 4) is 23.2 Å². The molecule has 4 aromatic rings. The number of nitrogen functional groups attached to an aromatic ring is 1. The van der Waals surface area contributed by atoms with E-state index in [4.69, 9.17) is 15.2 Å². The first-order valence-electron chi connectivity index (χ1n) is 18.0. The second-order valence-corrected chi connectivity index (χ2v) is 15.5. The monoisotopic (exact) mass is 811 g/mol. The minimum Gasteiger partial charge on any atom is -0.461 e. The fourth-order valence-electron chi connectivity index (χ4n) is 8.59. The lowest BCUT2D eigenvalue weighted by molar-refractivity contribution is -0.141. The smallest absolute Gasteiger partial charge is 0.419 e. The van der Waals surface area contributed by atoms with E-state index >= 15 is 30.7 Å². The third kappa shape index (κ3) is 6.72. The molecule has 7 rings (SSSR count). The lowest BCUT2D eigenvalue weighted by atomic mass is 9.88. The topological polar surface area (TPSA) is 121 Å². The molecule has 0 aliphatic carbocycles. The number of fused-ring (bicyclic) bond motifs is 3. The molecule has 19 heteroatoms. The van der Waals surface area contributed by atoms with Crippen LogP contribution in [0, 0.1) is 17.1 Å². The first-order chi connectivity index (χ1) is 26.4. The molecule has 0 radical (unpaired) electrons. The van der Waals surface area contributed by atoms with Crippen molar-refractivity contribution in [3.05, 3.63) is 40.7 Å². The van der Waals surface area contributed by atoms with Gasteiger partial charge in [-0.15, -0.1) is 11.3 Å². The molecule has 1 amide bonds. The van der Waals surface area contributed by atoms with Gasteiger partial charge < -0.3 is 25.0 Å². The summed E-state index contributed by atoms with van der Waals surface area (Å²) in [5.74, 6) is -1.63. The van der Waals surface area contributed by atoms with Gasteiger partial charge in [-0.25, -0.2) is 8.78 Å². The van der Waals surface area contributed by atoms with Crippen LogP contribution < -0.4 is 15.4 Å². The van der Waals surface area contributed by atoms with E-state index in [2.05, 4.69) is 9.97 Å². The number of nitrogens with two attached hydrogens (primary N) is 1. The van der Waals surface area contributed by atoms with E-state index in [0.29, 0.717) is 36.8 Å². The molecule has 2 aromatic carbocycles. The summed E-state index contributed by atoms with van der Waals surface area (Å²) in [6.45, 7) is 4.10. The van der Waals surface area contributed by atoms with Gasteiger partial charge in [-0.1, -0.05) is 6.07 Å². The van der Waals surface area contributed by atoms with Crippen LogP contribution in [0.5, 0.6) is 6.01 Å². The number of benzene rings is 2. The highest BCUT2D eigenvalue weighted by atomic mass is 32.1. The van der Waals surface area contributed by atoms with Crippen molar-refractivity contribution in [2.45, 2.75) is 75.7 Å². The highest BCUT2D eigenvalue weighted by Crippen LogP contribution is 2.52. The van der Waals surface area contributed by atoms with E-state index < -0.39 is 96.8 Å². The Hall–Kier alpha value is -4.54. The largest absolute Gasteiger partial charge is 0.461 e. The first kappa shape index (κ1) is 39.7. The summed E-state index contributed by atoms with van der Waals surface area (Å²) in [4.78, 5) is 26.6. The molecule has 0 bridgehead atoms. The summed E-state index contributed by atoms with van der Waals surface area (Å²) in [5.41, 5.74) is -1.90. The number of halogens is 8. The number of likely N-dealkylation sites (tertiary alicyclic amines) is 1. The number of hydrogen-bond donors (Lipinski definition) is 1. The Balaban J connectivity index is 1.50. The molecule has 3 saturated heterocycles. The summed E-state index contributed by atoms with van der Waals surface area (Å²) in [6.07, 6.45) is -11.2. The number of carbonyl (C=O) groups excluding carboxylic acids is 1. The normalized spacial score (nSPS) is 22.2. The van der Waals surface area contributed by atoms with Gasteiger partial charge in [-0.05, 0) is 57.4 Å². The van der Waals surface area contributed by atoms with Gasteiger partial charge in [0.2, 0.25) is 0 Å². The Morgan fingerprint density at radius 3 is 2.59 bits per heavy atom. The zero-order valence-electron chi connectivity index (χ0n) is 30.5. The fourth-order valence-corrected chi connectivity index (χ4v) is 9.53. The Labute approximate surface area is 319 Å². The molecule has 5 heterocycles. The van der Waals surface area contributed by atoms with E-state index in [1.165, 1.54) is 16.9 Å². The van der Waals surface area contributed by atoms with E-state index in [0.717, 1.165) is 18.6 Å². The molecule has 3 fully saturated rings. The van der Waals surface area contributed by atoms with Crippen LogP contribution in [0.25, 0.3) is 32.1 Å². The molecule has 2 N–H and O–H groups in total. The number of nitriles is 1. The number of methoxy groups -OCH3 is 1. The van der Waals surface area contributed by atoms with E-state index in [-0.39, 0.29) is 55.9 Å². The van der Waals surface area contributed by atoms with Crippen molar-refractivity contribution in [2.75, 3.05) is 57.1 Å². The molecule has 2 aromatic heterocycles. The first-order valence-corrected chi connectivity index (χ1v) is 18.8. The Morgan fingerprint density at radius 2 is 1.93 bits per heavy atom. The maximum Gasteiger partial charge on any atom is 0.419 e. The van der Waals surface area contributed by atoms with Crippen LogP contribution in [0.3, 0.4) is 0 Å². The zero-order chi connectivity index (χ0) is 40.5. The molecule has 300 valence electrons. The third-order valence-electron chi connectivity index (χ3n) is 11.2. The summed E-state index contributed by atoms with van der Waals surface area (Å²) in [5, 5.41) is 8.50. The fraction of sp³-hybridized carbons (Fsp3) is 0.514. The molecule has 3 aliphatic heterocycles. The average Bonchev–Trinajstić information content (AvgIpc) is 3.91. The predicted molar refractivity (Wildman–Crippen MR) is 192 cm³/mol. The molecule has 10 nitrogen and oxygen atoms in total. The number of ether oxygens (including phenoxy) is 2. The van der Waals surface area contributed by atoms with Gasteiger partial charge in [0.05, 0.1) is 32.4 Å². The van der Waals surface area contributed by atoms with E-state index in [1.807, 2.05) is 4.90 Å². The minimum atomic E-state index is -5.52. The van der Waals surface area contributed by atoms with Gasteiger partial charge in [0, 0.05) is 62.1 Å². The number of amides is 1. The summed E-state index contributed by atoms with van der Waals surface area (Å²) >= 11 is 0.525. The number of likely N-dealkylation sites (N-methyl/N-ethyl adjacent to an activating group) is 1. The van der Waals surface area contributed by atoms with Gasteiger partial charge in [0.15, 0.2) is 0 Å². The number of alkyl halides is 7. The van der Waals surface area contributed by atoms with Gasteiger partial charge in [0.25, 0.3) is 5.91 Å². The third-order valence-corrected chi connectivity index (χ3v) is 12.2. The van der Waals surface area contributed by atoms with Crippen LogP contribution in [0.2, 0.25) is 0 Å². The van der Waals surface area contributed by atoms with Crippen LogP contribution in [-0.4, -0.2) is 96.0 Å². The average molecular weight is 812 g/mol. The Bertz CT molecular complexity index is 2240. The Morgan fingerprint density at radius 1 is 1.18 bits per heavy atom. The van der Waals surface area contributed by atoms with Gasteiger partial charge in [-0.2, -0.15) is 41.6 Å². The maximum atomic E-state index is 15.7. The number of anilines is 2. The standard InChI is InChI=1S/C37H37F8N7O3S/c1-4-52(20-8-11-50(16-20)33(53)18(2)54-3)32-22-12-24(36(40,41)42)27(21-6-7-25(39)30-26(21)23(14-46)31(47)56-30)28(37(43,44)45)29(22)48-34(49-32)55-17-35-9-5-10-51(35)15-19(38)13-35/h6-7,12,18-20H,4-5,8-11,13,15-17,47H2,1-3H3/t18-,19+,20-,35-/m0/s1. The number of aromatic nitrogens is 2. The lowest BCUT2D eigenvalue weighted by Gasteiger charge is -2.32. The Kier molecular flexibility index (Phi) is 10.2. The predicted octanol–water partition coefficient (Wildman–Crippen LogP) is 7.56. The molecule has 4 atom stereocenters. The van der Waals surface area contributed by atoms with Gasteiger partial charge in [0.1, 0.15) is 41.6 Å². The van der Waals surface area contributed by atoms with Crippen LogP contribution in [-0.2, 0) is 21.9 Å². The van der Waals surface area contributed by atoms with E-state index in [9.17, 15) is 14.4 Å². The number of rotatable bonds is 9. The summed E-state index contributed by atoms with van der Waals surface area (Å²) in [6, 6.07) is 2.55. The second-order valence-electron chi connectivity index (χ2n) is 14.4. The van der Waals surface area contributed by atoms with Crippen molar-refractivity contribution in [3.63, 3.8) is 0 Å². The molecule has 0 unspecified atom stereocenters. The van der Waals surface area contributed by atoms with Gasteiger partial charge >= 0.3 is 18.4 Å². The number of thiophene rings is 1. The molecule has 0 saturated carbocycles. The van der Waals surface area contributed by atoms with Crippen molar-refractivity contribution < 1.29 is 49.4 Å². The highest BCUT2D eigenvalue weighted by molar-refractivity contribution is 7.23. The van der Waals surface area contributed by atoms with Crippen molar-refractivity contribution in [1.82, 2.24) is 19.8 Å². The van der Waals surface area contributed by atoms with Crippen LogP contribution >= 0.6 is 11.3 Å². The number of hydrogen-bond acceptors (Lipinski definition) is 10. The van der Waals surface area contributed by atoms with Gasteiger partial charge in [-0.3, -0.25) is 9.69 Å². The summed E-state index contributed by atoms with van der Waals surface area (Å²) < 4.78 is 134. The minimum absolute atomic E-state index is 0.0437. The quantitative estimate of drug-likeness (QED) is 0.171.